The van der Waals surface area contributed by atoms with Gasteiger partial charge in [0.15, 0.2) is 0 Å². The number of hydrogen-bond donors (Lipinski definition) is 1. The van der Waals surface area contributed by atoms with Crippen LogP contribution in [-0.2, 0) is 23.2 Å². The lowest BCUT2D eigenvalue weighted by molar-refractivity contribution is -0.0517. The molecule has 2 aliphatic carbocycles. The van der Waals surface area contributed by atoms with Crippen LogP contribution in [0.15, 0.2) is 0 Å². The topological polar surface area (TPSA) is 37.9 Å². The molecule has 1 aromatic rings. The average Bonchev–Trinajstić information content (AvgIpc) is 2.48. The molecule has 19 heavy (non-hydrogen) atoms. The molecule has 0 aliphatic heterocycles. The largest absolute Gasteiger partial charge is 0.370 e. The fraction of sp³-hybridized carbons (Fsp3) is 0.733. The van der Waals surface area contributed by atoms with Crippen molar-refractivity contribution in [2.24, 2.45) is 0 Å². The van der Waals surface area contributed by atoms with Crippen LogP contribution in [0.25, 0.3) is 0 Å². The summed E-state index contributed by atoms with van der Waals surface area (Å²) in [5.74, 6) is 0.973. The van der Waals surface area contributed by atoms with Gasteiger partial charge in [-0.25, -0.2) is 4.98 Å². The van der Waals surface area contributed by atoms with Crippen LogP contribution < -0.4 is 0 Å². The minimum Gasteiger partial charge on any atom is -0.370 e. The Kier molecular flexibility index (Phi) is 3.72. The second-order valence-corrected chi connectivity index (χ2v) is 6.20. The predicted molar refractivity (Wildman–Crippen MR) is 77.8 cm³/mol. The Morgan fingerprint density at radius 3 is 2.58 bits per heavy atom. The highest BCUT2D eigenvalue weighted by Crippen LogP contribution is 2.38. The second-order valence-electron chi connectivity index (χ2n) is 5.81. The third-order valence-corrected chi connectivity index (χ3v) is 5.03. The molecular weight excluding hydrogens is 256 g/mol. The van der Waals surface area contributed by atoms with Crippen molar-refractivity contribution >= 4 is 12.2 Å². The molecule has 3 nitrogen and oxygen atoms in total. The number of methoxy groups -OCH3 is 1. The molecule has 2 aliphatic rings. The number of aromatic amines is 1. The van der Waals surface area contributed by atoms with Gasteiger partial charge in [0, 0.05) is 18.4 Å². The average molecular weight is 278 g/mol. The molecule has 0 bridgehead atoms. The first-order chi connectivity index (χ1) is 9.25. The van der Waals surface area contributed by atoms with E-state index in [1.54, 1.807) is 0 Å². The Morgan fingerprint density at radius 2 is 1.84 bits per heavy atom. The Bertz CT molecular complexity index is 517. The molecular formula is C15H22N2OS. The van der Waals surface area contributed by atoms with Crippen molar-refractivity contribution in [3.63, 3.8) is 0 Å². The highest BCUT2D eigenvalue weighted by atomic mass is 32.1. The number of nitrogens with one attached hydrogen (secondary N) is 1. The third-order valence-electron chi connectivity index (χ3n) is 4.69. The zero-order valence-electron chi connectivity index (χ0n) is 11.6. The molecule has 0 spiro atoms. The smallest absolute Gasteiger partial charge is 0.140 e. The lowest BCUT2D eigenvalue weighted by atomic mass is 9.83. The van der Waals surface area contributed by atoms with Crippen molar-refractivity contribution in [3.8, 4) is 0 Å². The third kappa shape index (κ3) is 2.36. The van der Waals surface area contributed by atoms with E-state index >= 15 is 0 Å². The fourth-order valence-corrected chi connectivity index (χ4v) is 3.81. The zero-order chi connectivity index (χ0) is 13.3. The Balaban J connectivity index is 2.04. The second kappa shape index (κ2) is 5.33. The van der Waals surface area contributed by atoms with Crippen molar-refractivity contribution in [2.45, 2.75) is 63.4 Å². The number of hydrogen-bond acceptors (Lipinski definition) is 3. The van der Waals surface area contributed by atoms with E-state index in [-0.39, 0.29) is 5.60 Å². The number of nitrogens with zero attached hydrogens (tertiary/aromatic N) is 1. The molecule has 4 heteroatoms. The van der Waals surface area contributed by atoms with Gasteiger partial charge in [-0.05, 0) is 38.5 Å². The van der Waals surface area contributed by atoms with Gasteiger partial charge in [-0.1, -0.05) is 31.5 Å². The SMILES string of the molecule is COC1(c2nc(=S)c3c([nH]2)CCCC3)CCCCC1. The first-order valence-electron chi connectivity index (χ1n) is 7.43. The molecule has 3 rings (SSSR count). The molecule has 0 radical (unpaired) electrons. The Labute approximate surface area is 119 Å². The van der Waals surface area contributed by atoms with Crippen LogP contribution in [0.2, 0.25) is 0 Å². The first kappa shape index (κ1) is 13.3. The molecule has 104 valence electrons. The normalized spacial score (nSPS) is 21.9. The number of H-pyrrole nitrogens is 1. The lowest BCUT2D eigenvalue weighted by Crippen LogP contribution is -2.34. The van der Waals surface area contributed by atoms with Crippen LogP contribution >= 0.6 is 12.2 Å². The molecule has 1 N–H and O–H groups in total. The lowest BCUT2D eigenvalue weighted by Gasteiger charge is -2.35. The minimum atomic E-state index is -0.224. The summed E-state index contributed by atoms with van der Waals surface area (Å²) in [7, 11) is 1.81. The highest BCUT2D eigenvalue weighted by molar-refractivity contribution is 7.71. The molecule has 1 fully saturated rings. The van der Waals surface area contributed by atoms with Crippen molar-refractivity contribution in [2.75, 3.05) is 7.11 Å². The zero-order valence-corrected chi connectivity index (χ0v) is 12.4. The number of aromatic nitrogens is 2. The molecule has 0 amide bonds. The maximum absolute atomic E-state index is 5.87. The molecule has 1 aromatic heterocycles. The van der Waals surface area contributed by atoms with E-state index in [0.717, 1.165) is 36.1 Å². The summed E-state index contributed by atoms with van der Waals surface area (Å²) in [6, 6.07) is 0. The molecule has 1 saturated carbocycles. The van der Waals surface area contributed by atoms with Crippen molar-refractivity contribution in [1.29, 1.82) is 0 Å². The van der Waals surface area contributed by atoms with Crippen LogP contribution in [0.3, 0.4) is 0 Å². The van der Waals surface area contributed by atoms with E-state index in [1.165, 1.54) is 43.4 Å². The van der Waals surface area contributed by atoms with Crippen molar-refractivity contribution < 1.29 is 4.74 Å². The van der Waals surface area contributed by atoms with Gasteiger partial charge in [0.05, 0.1) is 0 Å². The summed E-state index contributed by atoms with van der Waals surface area (Å²) in [6.07, 6.45) is 10.5. The Hall–Kier alpha value is -0.740. The van der Waals surface area contributed by atoms with Gasteiger partial charge in [-0.3, -0.25) is 0 Å². The summed E-state index contributed by atoms with van der Waals surface area (Å²) in [5, 5.41) is 0. The van der Waals surface area contributed by atoms with Gasteiger partial charge in [0.25, 0.3) is 0 Å². The quantitative estimate of drug-likeness (QED) is 0.836. The van der Waals surface area contributed by atoms with Crippen LogP contribution in [0.1, 0.15) is 62.0 Å². The highest BCUT2D eigenvalue weighted by Gasteiger charge is 2.36. The number of fused-ring (bicyclic) bond motifs is 1. The number of aryl methyl sites for hydroxylation is 1. The standard InChI is InChI=1S/C15H22N2OS/c1-18-15(9-5-2-6-10-15)14-16-12-8-4-3-7-11(12)13(19)17-14/h2-10H2,1H3,(H,16,17,19). The van der Waals surface area contributed by atoms with Crippen LogP contribution in [-0.4, -0.2) is 17.1 Å². The van der Waals surface area contributed by atoms with Gasteiger partial charge in [-0.15, -0.1) is 0 Å². The van der Waals surface area contributed by atoms with E-state index in [2.05, 4.69) is 9.97 Å². The van der Waals surface area contributed by atoms with Gasteiger partial charge in [0.2, 0.25) is 0 Å². The summed E-state index contributed by atoms with van der Waals surface area (Å²) in [6.45, 7) is 0. The van der Waals surface area contributed by atoms with Gasteiger partial charge in [-0.2, -0.15) is 0 Å². The van der Waals surface area contributed by atoms with Crippen LogP contribution in [0, 0.1) is 4.64 Å². The molecule has 0 atom stereocenters. The van der Waals surface area contributed by atoms with E-state index in [4.69, 9.17) is 17.0 Å². The van der Waals surface area contributed by atoms with Gasteiger partial charge < -0.3 is 9.72 Å². The van der Waals surface area contributed by atoms with E-state index in [9.17, 15) is 0 Å². The van der Waals surface area contributed by atoms with E-state index in [1.807, 2.05) is 7.11 Å². The van der Waals surface area contributed by atoms with Gasteiger partial charge in [0.1, 0.15) is 16.1 Å². The predicted octanol–water partition coefficient (Wildman–Crippen LogP) is 3.82. The van der Waals surface area contributed by atoms with Crippen LogP contribution in [0.4, 0.5) is 0 Å². The molecule has 0 aromatic carbocycles. The van der Waals surface area contributed by atoms with Crippen LogP contribution in [0.5, 0.6) is 0 Å². The number of rotatable bonds is 2. The van der Waals surface area contributed by atoms with Crippen molar-refractivity contribution in [1.82, 2.24) is 9.97 Å². The summed E-state index contributed by atoms with van der Waals surface area (Å²) < 4.78 is 6.67. The monoisotopic (exact) mass is 278 g/mol. The first-order valence-corrected chi connectivity index (χ1v) is 7.84. The molecule has 0 saturated heterocycles. The number of ether oxygens (including phenoxy) is 1. The fourth-order valence-electron chi connectivity index (χ4n) is 3.50. The maximum atomic E-state index is 5.87. The molecule has 0 unspecified atom stereocenters. The Morgan fingerprint density at radius 1 is 1.11 bits per heavy atom. The minimum absolute atomic E-state index is 0.224. The summed E-state index contributed by atoms with van der Waals surface area (Å²) in [4.78, 5) is 8.25. The maximum Gasteiger partial charge on any atom is 0.140 e. The van der Waals surface area contributed by atoms with E-state index in [0.29, 0.717) is 0 Å². The van der Waals surface area contributed by atoms with Crippen molar-refractivity contribution in [3.05, 3.63) is 21.7 Å². The molecule has 1 heterocycles. The van der Waals surface area contributed by atoms with Gasteiger partial charge >= 0.3 is 0 Å². The summed E-state index contributed by atoms with van der Waals surface area (Å²) in [5.41, 5.74) is 2.36. The van der Waals surface area contributed by atoms with E-state index < -0.39 is 0 Å². The summed E-state index contributed by atoms with van der Waals surface area (Å²) >= 11 is 5.51.